The summed E-state index contributed by atoms with van der Waals surface area (Å²) in [5, 5.41) is 2.81. The monoisotopic (exact) mass is 304 g/mol. The topological polar surface area (TPSA) is 79.0 Å². The molecule has 2 N–H and O–H groups in total. The van der Waals surface area contributed by atoms with Crippen LogP contribution in [0, 0.1) is 0 Å². The molecule has 110 valence electrons. The molecule has 1 aromatic heterocycles. The largest absolute Gasteiger partial charge is 0.366 e. The summed E-state index contributed by atoms with van der Waals surface area (Å²) in [7, 11) is -2.99. The number of rotatable bonds is 3. The molecule has 1 atom stereocenters. The molecule has 5 nitrogen and oxygen atoms in total. The summed E-state index contributed by atoms with van der Waals surface area (Å²) in [6, 6.07) is 9.31. The van der Waals surface area contributed by atoms with Crippen LogP contribution >= 0.6 is 0 Å². The summed E-state index contributed by atoms with van der Waals surface area (Å²) in [5.41, 5.74) is 2.29. The first-order valence-electron chi connectivity index (χ1n) is 6.79. The molecule has 1 amide bonds. The van der Waals surface area contributed by atoms with Gasteiger partial charge in [-0.15, -0.1) is 0 Å². The second kappa shape index (κ2) is 5.37. The van der Waals surface area contributed by atoms with Crippen molar-refractivity contribution in [1.29, 1.82) is 0 Å². The Balaban J connectivity index is 1.79. The van der Waals surface area contributed by atoms with Crippen LogP contribution < -0.4 is 5.32 Å². The fourth-order valence-corrected chi connectivity index (χ4v) is 4.25. The molecular weight excluding hydrogens is 288 g/mol. The smallest absolute Gasteiger partial charge is 0.253 e. The van der Waals surface area contributed by atoms with Crippen LogP contribution in [0.1, 0.15) is 16.8 Å². The minimum atomic E-state index is -2.99. The second-order valence-electron chi connectivity index (χ2n) is 5.22. The summed E-state index contributed by atoms with van der Waals surface area (Å²) < 4.78 is 22.9. The Morgan fingerprint density at radius 2 is 1.95 bits per heavy atom. The van der Waals surface area contributed by atoms with Crippen LogP contribution in [0.25, 0.3) is 11.1 Å². The zero-order valence-electron chi connectivity index (χ0n) is 11.4. The van der Waals surface area contributed by atoms with Crippen LogP contribution in [-0.2, 0) is 9.84 Å². The van der Waals surface area contributed by atoms with Crippen molar-refractivity contribution >= 4 is 15.7 Å². The predicted molar refractivity (Wildman–Crippen MR) is 80.8 cm³/mol. The molecule has 0 bridgehead atoms. The molecule has 2 heterocycles. The number of benzene rings is 1. The van der Waals surface area contributed by atoms with Crippen LogP contribution in [0.2, 0.25) is 0 Å². The molecule has 1 aliphatic rings. The SMILES string of the molecule is O=C(NC1CCS(=O)(=O)C1)c1c[nH]cc1-c1ccccc1. The molecule has 2 aromatic rings. The van der Waals surface area contributed by atoms with Crippen molar-refractivity contribution in [3.8, 4) is 11.1 Å². The lowest BCUT2D eigenvalue weighted by Crippen LogP contribution is -2.35. The van der Waals surface area contributed by atoms with Crippen molar-refractivity contribution in [2.75, 3.05) is 11.5 Å². The van der Waals surface area contributed by atoms with E-state index in [4.69, 9.17) is 0 Å². The highest BCUT2D eigenvalue weighted by molar-refractivity contribution is 7.91. The maximum atomic E-state index is 12.3. The van der Waals surface area contributed by atoms with Crippen LogP contribution in [0.3, 0.4) is 0 Å². The van der Waals surface area contributed by atoms with Crippen molar-refractivity contribution in [3.05, 3.63) is 48.3 Å². The van der Waals surface area contributed by atoms with Crippen molar-refractivity contribution < 1.29 is 13.2 Å². The lowest BCUT2D eigenvalue weighted by molar-refractivity contribution is 0.0942. The van der Waals surface area contributed by atoms with E-state index < -0.39 is 9.84 Å². The van der Waals surface area contributed by atoms with Gasteiger partial charge >= 0.3 is 0 Å². The molecule has 1 saturated heterocycles. The molecule has 3 rings (SSSR count). The fraction of sp³-hybridized carbons (Fsp3) is 0.267. The van der Waals surface area contributed by atoms with Gasteiger partial charge in [-0.2, -0.15) is 0 Å². The van der Waals surface area contributed by atoms with Gasteiger partial charge in [-0.25, -0.2) is 8.42 Å². The Morgan fingerprint density at radius 3 is 2.62 bits per heavy atom. The first-order chi connectivity index (χ1) is 10.1. The van der Waals surface area contributed by atoms with Gasteiger partial charge in [0.05, 0.1) is 17.1 Å². The van der Waals surface area contributed by atoms with Gasteiger partial charge in [-0.05, 0) is 12.0 Å². The van der Waals surface area contributed by atoms with Crippen molar-refractivity contribution in [3.63, 3.8) is 0 Å². The molecule has 0 radical (unpaired) electrons. The number of hydrogen-bond donors (Lipinski definition) is 2. The molecule has 0 aliphatic carbocycles. The van der Waals surface area contributed by atoms with Crippen molar-refractivity contribution in [1.82, 2.24) is 10.3 Å². The molecule has 0 saturated carbocycles. The van der Waals surface area contributed by atoms with E-state index in [1.54, 1.807) is 12.4 Å². The van der Waals surface area contributed by atoms with E-state index in [0.29, 0.717) is 12.0 Å². The average Bonchev–Trinajstić information content (AvgIpc) is 3.06. The first-order valence-corrected chi connectivity index (χ1v) is 8.61. The number of hydrogen-bond acceptors (Lipinski definition) is 3. The van der Waals surface area contributed by atoms with Crippen LogP contribution in [0.15, 0.2) is 42.7 Å². The maximum Gasteiger partial charge on any atom is 0.253 e. The Kier molecular flexibility index (Phi) is 3.55. The molecule has 0 spiro atoms. The zero-order valence-corrected chi connectivity index (χ0v) is 12.2. The third-order valence-corrected chi connectivity index (χ3v) is 5.41. The number of amides is 1. The lowest BCUT2D eigenvalue weighted by atomic mass is 10.0. The third kappa shape index (κ3) is 3.00. The van der Waals surface area contributed by atoms with Gasteiger partial charge in [0.25, 0.3) is 5.91 Å². The maximum absolute atomic E-state index is 12.3. The van der Waals surface area contributed by atoms with Gasteiger partial charge < -0.3 is 10.3 Å². The van der Waals surface area contributed by atoms with Gasteiger partial charge in [-0.3, -0.25) is 4.79 Å². The number of H-pyrrole nitrogens is 1. The molecular formula is C15H16N2O3S. The highest BCUT2D eigenvalue weighted by Crippen LogP contribution is 2.23. The van der Waals surface area contributed by atoms with Crippen LogP contribution in [0.5, 0.6) is 0 Å². The average molecular weight is 304 g/mol. The standard InChI is InChI=1S/C15H16N2O3S/c18-15(17-12-6-7-21(19,20)10-12)14-9-16-8-13(14)11-4-2-1-3-5-11/h1-5,8-9,12,16H,6-7,10H2,(H,17,18). The lowest BCUT2D eigenvalue weighted by Gasteiger charge is -2.11. The quantitative estimate of drug-likeness (QED) is 0.904. The number of aromatic nitrogens is 1. The Labute approximate surface area is 123 Å². The summed E-state index contributed by atoms with van der Waals surface area (Å²) in [6.07, 6.45) is 3.90. The normalized spacial score (nSPS) is 20.3. The molecule has 21 heavy (non-hydrogen) atoms. The zero-order chi connectivity index (χ0) is 14.9. The highest BCUT2D eigenvalue weighted by Gasteiger charge is 2.29. The molecule has 1 aromatic carbocycles. The number of aromatic amines is 1. The van der Waals surface area contributed by atoms with Crippen molar-refractivity contribution in [2.45, 2.75) is 12.5 Å². The van der Waals surface area contributed by atoms with E-state index in [1.807, 2.05) is 30.3 Å². The Hall–Kier alpha value is -2.08. The van der Waals surface area contributed by atoms with Gasteiger partial charge in [-0.1, -0.05) is 30.3 Å². The first kappa shape index (κ1) is 13.9. The van der Waals surface area contributed by atoms with E-state index >= 15 is 0 Å². The van der Waals surface area contributed by atoms with E-state index in [9.17, 15) is 13.2 Å². The summed E-state index contributed by atoms with van der Waals surface area (Å²) in [5.74, 6) is -0.0577. The molecule has 1 unspecified atom stereocenters. The highest BCUT2D eigenvalue weighted by atomic mass is 32.2. The summed E-state index contributed by atoms with van der Waals surface area (Å²) >= 11 is 0. The second-order valence-corrected chi connectivity index (χ2v) is 7.45. The number of carbonyl (C=O) groups excluding carboxylic acids is 1. The summed E-state index contributed by atoms with van der Waals surface area (Å²) in [4.78, 5) is 15.3. The summed E-state index contributed by atoms with van der Waals surface area (Å²) in [6.45, 7) is 0. The molecule has 6 heteroatoms. The molecule has 1 fully saturated rings. The van der Waals surface area contributed by atoms with E-state index in [0.717, 1.165) is 11.1 Å². The van der Waals surface area contributed by atoms with E-state index in [1.165, 1.54) is 0 Å². The van der Waals surface area contributed by atoms with Crippen molar-refractivity contribution in [2.24, 2.45) is 0 Å². The van der Waals surface area contributed by atoms with E-state index in [2.05, 4.69) is 10.3 Å². The van der Waals surface area contributed by atoms with E-state index in [-0.39, 0.29) is 23.5 Å². The Bertz CT molecular complexity index is 750. The number of nitrogens with one attached hydrogen (secondary N) is 2. The van der Waals surface area contributed by atoms with Crippen LogP contribution in [0.4, 0.5) is 0 Å². The van der Waals surface area contributed by atoms with Gasteiger partial charge in [0.15, 0.2) is 9.84 Å². The third-order valence-electron chi connectivity index (χ3n) is 3.64. The van der Waals surface area contributed by atoms with Crippen LogP contribution in [-0.4, -0.2) is 36.9 Å². The number of sulfone groups is 1. The number of carbonyl (C=O) groups is 1. The predicted octanol–water partition coefficient (Wildman–Crippen LogP) is 1.60. The van der Waals surface area contributed by atoms with Gasteiger partial charge in [0.2, 0.25) is 0 Å². The molecule has 1 aliphatic heterocycles. The van der Waals surface area contributed by atoms with Gasteiger partial charge in [0.1, 0.15) is 0 Å². The van der Waals surface area contributed by atoms with Gasteiger partial charge in [0, 0.05) is 24.0 Å². The fourth-order valence-electron chi connectivity index (χ4n) is 2.58. The minimum absolute atomic E-state index is 0.0316. The Morgan fingerprint density at radius 1 is 1.19 bits per heavy atom. The minimum Gasteiger partial charge on any atom is -0.366 e.